The number of benzene rings is 2. The number of urea groups is 1. The zero-order valence-corrected chi connectivity index (χ0v) is 16.3. The van der Waals surface area contributed by atoms with Crippen LogP contribution in [0, 0.1) is 24.0 Å². The van der Waals surface area contributed by atoms with Gasteiger partial charge in [0, 0.05) is 24.9 Å². The van der Waals surface area contributed by atoms with E-state index >= 15 is 0 Å². The fourth-order valence-corrected chi connectivity index (χ4v) is 3.74. The summed E-state index contributed by atoms with van der Waals surface area (Å²) in [5.74, 6) is -0.216. The van der Waals surface area contributed by atoms with Crippen molar-refractivity contribution < 1.29 is 14.5 Å². The Labute approximate surface area is 167 Å². The Bertz CT molecular complexity index is 1090. The lowest BCUT2D eigenvalue weighted by Gasteiger charge is -2.30. The van der Waals surface area contributed by atoms with Crippen LogP contribution < -0.4 is 10.2 Å². The standard InChI is InChI=1S/C21H20N4O4/c1-12-7-8-15(9-13(12)2)24-11-17-18(20(24)26)19(22-21(27)23(17)3)14-5-4-6-16(10-14)25(28)29/h4-10,19H,11H2,1-3H3,(H,22,27). The van der Waals surface area contributed by atoms with E-state index in [0.29, 0.717) is 16.8 Å². The van der Waals surface area contributed by atoms with Crippen molar-refractivity contribution in [3.8, 4) is 0 Å². The molecule has 1 atom stereocenters. The van der Waals surface area contributed by atoms with Gasteiger partial charge in [-0.2, -0.15) is 0 Å². The molecule has 0 saturated carbocycles. The van der Waals surface area contributed by atoms with Gasteiger partial charge in [0.25, 0.3) is 11.6 Å². The summed E-state index contributed by atoms with van der Waals surface area (Å²) >= 11 is 0. The molecule has 2 aromatic rings. The van der Waals surface area contributed by atoms with Gasteiger partial charge >= 0.3 is 6.03 Å². The first-order valence-electron chi connectivity index (χ1n) is 9.18. The van der Waals surface area contributed by atoms with E-state index in [-0.39, 0.29) is 24.2 Å². The van der Waals surface area contributed by atoms with Gasteiger partial charge in [-0.05, 0) is 42.7 Å². The van der Waals surface area contributed by atoms with Crippen molar-refractivity contribution in [2.24, 2.45) is 0 Å². The number of anilines is 1. The van der Waals surface area contributed by atoms with Crippen LogP contribution in [0.5, 0.6) is 0 Å². The SMILES string of the molecule is Cc1ccc(N2CC3=C(C2=O)C(c2cccc([N+](=O)[O-])c2)NC(=O)N3C)cc1C. The Kier molecular flexibility index (Phi) is 4.34. The van der Waals surface area contributed by atoms with Gasteiger partial charge in [0.15, 0.2) is 0 Å². The molecule has 2 aliphatic rings. The molecule has 2 heterocycles. The first-order chi connectivity index (χ1) is 13.8. The van der Waals surface area contributed by atoms with Crippen molar-refractivity contribution in [3.05, 3.63) is 80.5 Å². The molecule has 8 heteroatoms. The largest absolute Gasteiger partial charge is 0.327 e. The van der Waals surface area contributed by atoms with E-state index < -0.39 is 11.0 Å². The summed E-state index contributed by atoms with van der Waals surface area (Å²) in [5.41, 5.74) is 4.41. The number of rotatable bonds is 3. The summed E-state index contributed by atoms with van der Waals surface area (Å²) in [6, 6.07) is 10.7. The molecule has 148 valence electrons. The van der Waals surface area contributed by atoms with Gasteiger partial charge < -0.3 is 10.2 Å². The van der Waals surface area contributed by atoms with Gasteiger partial charge in [0.1, 0.15) is 0 Å². The molecule has 8 nitrogen and oxygen atoms in total. The molecule has 0 aromatic heterocycles. The molecular formula is C21H20N4O4. The fraction of sp³-hybridized carbons (Fsp3) is 0.238. The van der Waals surface area contributed by atoms with Gasteiger partial charge in [-0.25, -0.2) is 4.79 Å². The summed E-state index contributed by atoms with van der Waals surface area (Å²) < 4.78 is 0. The second-order valence-electron chi connectivity index (χ2n) is 7.31. The number of nitro groups is 1. The maximum absolute atomic E-state index is 13.3. The number of nitrogens with one attached hydrogen (secondary N) is 1. The Balaban J connectivity index is 1.77. The van der Waals surface area contributed by atoms with Crippen LogP contribution in [0.15, 0.2) is 53.7 Å². The number of aryl methyl sites for hydroxylation is 2. The summed E-state index contributed by atoms with van der Waals surface area (Å²) in [7, 11) is 1.62. The molecule has 2 aliphatic heterocycles. The molecule has 1 N–H and O–H groups in total. The van der Waals surface area contributed by atoms with Crippen molar-refractivity contribution in [1.82, 2.24) is 10.2 Å². The zero-order valence-electron chi connectivity index (χ0n) is 16.3. The molecule has 3 amide bonds. The number of non-ortho nitro benzene ring substituents is 1. The Morgan fingerprint density at radius 2 is 1.86 bits per heavy atom. The highest BCUT2D eigenvalue weighted by Crippen LogP contribution is 2.38. The smallest absolute Gasteiger partial charge is 0.322 e. The molecule has 0 bridgehead atoms. The summed E-state index contributed by atoms with van der Waals surface area (Å²) in [6.45, 7) is 4.25. The molecule has 0 radical (unpaired) electrons. The van der Waals surface area contributed by atoms with Crippen molar-refractivity contribution in [1.29, 1.82) is 0 Å². The zero-order chi connectivity index (χ0) is 20.9. The predicted octanol–water partition coefficient (Wildman–Crippen LogP) is 3.21. The van der Waals surface area contributed by atoms with Gasteiger partial charge in [0.2, 0.25) is 0 Å². The quantitative estimate of drug-likeness (QED) is 0.641. The van der Waals surface area contributed by atoms with Crippen LogP contribution in [-0.2, 0) is 4.79 Å². The summed E-state index contributed by atoms with van der Waals surface area (Å²) in [5, 5.41) is 14.0. The lowest BCUT2D eigenvalue weighted by Crippen LogP contribution is -2.45. The first kappa shape index (κ1) is 18.7. The molecule has 0 fully saturated rings. The van der Waals surface area contributed by atoms with E-state index in [0.717, 1.165) is 16.8 Å². The van der Waals surface area contributed by atoms with Crippen LogP contribution in [0.4, 0.5) is 16.2 Å². The minimum Gasteiger partial charge on any atom is -0.327 e. The Morgan fingerprint density at radius 1 is 1.10 bits per heavy atom. The highest BCUT2D eigenvalue weighted by Gasteiger charge is 2.43. The van der Waals surface area contributed by atoms with Gasteiger partial charge in [-0.3, -0.25) is 19.8 Å². The molecule has 1 unspecified atom stereocenters. The van der Waals surface area contributed by atoms with E-state index in [4.69, 9.17) is 0 Å². The molecule has 2 aromatic carbocycles. The number of hydrogen-bond donors (Lipinski definition) is 1. The fourth-order valence-electron chi connectivity index (χ4n) is 3.74. The minimum absolute atomic E-state index is 0.0886. The second-order valence-corrected chi connectivity index (χ2v) is 7.31. The van der Waals surface area contributed by atoms with Crippen LogP contribution in [0.2, 0.25) is 0 Å². The maximum Gasteiger partial charge on any atom is 0.322 e. The second kappa shape index (κ2) is 6.73. The third kappa shape index (κ3) is 3.02. The number of amides is 3. The van der Waals surface area contributed by atoms with Crippen LogP contribution in [-0.4, -0.2) is 35.4 Å². The third-order valence-corrected chi connectivity index (χ3v) is 5.58. The molecule has 0 spiro atoms. The van der Waals surface area contributed by atoms with Crippen molar-refractivity contribution in [2.45, 2.75) is 19.9 Å². The Hall–Kier alpha value is -3.68. The summed E-state index contributed by atoms with van der Waals surface area (Å²) in [4.78, 5) is 39.6. The number of likely N-dealkylation sites (N-methyl/N-ethyl adjacent to an activating group) is 1. The maximum atomic E-state index is 13.3. The van der Waals surface area contributed by atoms with Gasteiger partial charge in [0.05, 0.1) is 28.8 Å². The highest BCUT2D eigenvalue weighted by atomic mass is 16.6. The molecule has 0 saturated heterocycles. The highest BCUT2D eigenvalue weighted by molar-refractivity contribution is 6.11. The average Bonchev–Trinajstić information content (AvgIpc) is 3.04. The monoisotopic (exact) mass is 392 g/mol. The number of nitro benzene ring substituents is 1. The van der Waals surface area contributed by atoms with Crippen LogP contribution >= 0.6 is 0 Å². The van der Waals surface area contributed by atoms with E-state index in [2.05, 4.69) is 5.32 Å². The average molecular weight is 392 g/mol. The van der Waals surface area contributed by atoms with Gasteiger partial charge in [-0.1, -0.05) is 18.2 Å². The topological polar surface area (TPSA) is 95.8 Å². The summed E-state index contributed by atoms with van der Waals surface area (Å²) in [6.07, 6.45) is 0. The van der Waals surface area contributed by atoms with E-state index in [9.17, 15) is 19.7 Å². The molecule has 4 rings (SSSR count). The first-order valence-corrected chi connectivity index (χ1v) is 9.18. The number of carbonyl (C=O) groups excluding carboxylic acids is 2. The number of hydrogen-bond acceptors (Lipinski definition) is 4. The normalized spacial score (nSPS) is 18.8. The lowest BCUT2D eigenvalue weighted by atomic mass is 9.95. The van der Waals surface area contributed by atoms with Gasteiger partial charge in [-0.15, -0.1) is 0 Å². The van der Waals surface area contributed by atoms with Crippen molar-refractivity contribution in [3.63, 3.8) is 0 Å². The minimum atomic E-state index is -0.738. The number of nitrogens with zero attached hydrogens (tertiary/aromatic N) is 3. The van der Waals surface area contributed by atoms with Crippen molar-refractivity contribution >= 4 is 23.3 Å². The molecular weight excluding hydrogens is 372 g/mol. The van der Waals surface area contributed by atoms with E-state index in [1.807, 2.05) is 32.0 Å². The van der Waals surface area contributed by atoms with Crippen molar-refractivity contribution in [2.75, 3.05) is 18.5 Å². The molecule has 0 aliphatic carbocycles. The lowest BCUT2D eigenvalue weighted by molar-refractivity contribution is -0.384. The van der Waals surface area contributed by atoms with Crippen LogP contribution in [0.3, 0.4) is 0 Å². The Morgan fingerprint density at radius 3 is 2.55 bits per heavy atom. The third-order valence-electron chi connectivity index (χ3n) is 5.58. The van der Waals surface area contributed by atoms with Crippen LogP contribution in [0.1, 0.15) is 22.7 Å². The van der Waals surface area contributed by atoms with E-state index in [1.54, 1.807) is 24.1 Å². The molecule has 29 heavy (non-hydrogen) atoms. The number of carbonyl (C=O) groups is 2. The van der Waals surface area contributed by atoms with E-state index in [1.165, 1.54) is 17.0 Å². The van der Waals surface area contributed by atoms with Crippen LogP contribution in [0.25, 0.3) is 0 Å². The predicted molar refractivity (Wildman–Crippen MR) is 107 cm³/mol.